The van der Waals surface area contributed by atoms with Crippen molar-refractivity contribution in [3.8, 4) is 0 Å². The molecule has 9 nitrogen and oxygen atoms in total. The minimum atomic E-state index is -1.58. The Hall–Kier alpha value is -4.24. The van der Waals surface area contributed by atoms with E-state index in [0.717, 1.165) is 16.3 Å². The number of anilines is 1. The van der Waals surface area contributed by atoms with Crippen LogP contribution in [0.4, 0.5) is 5.69 Å². The lowest BCUT2D eigenvalue weighted by atomic mass is 9.93. The number of nitrogen functional groups attached to an aromatic ring is 1. The molecule has 188 valence electrons. The number of nitrogens with one attached hydrogen (secondary N) is 4. The molecule has 0 aromatic heterocycles. The van der Waals surface area contributed by atoms with Crippen LogP contribution in [0.5, 0.6) is 0 Å². The third-order valence-corrected chi connectivity index (χ3v) is 5.87. The van der Waals surface area contributed by atoms with Gasteiger partial charge in [-0.1, -0.05) is 42.5 Å². The number of Topliss-reactive ketones (excluding diaryl/α,β-unsaturated/α-hetero) is 1. The lowest BCUT2D eigenvalue weighted by molar-refractivity contribution is -0.151. The molecule has 1 unspecified atom stereocenters. The van der Waals surface area contributed by atoms with Gasteiger partial charge >= 0.3 is 5.97 Å². The number of carbonyl (C=O) groups is 3. The van der Waals surface area contributed by atoms with Crippen LogP contribution in [0.25, 0.3) is 10.8 Å². The van der Waals surface area contributed by atoms with E-state index >= 15 is 0 Å². The van der Waals surface area contributed by atoms with Crippen molar-refractivity contribution >= 4 is 40.0 Å². The Bertz CT molecular complexity index is 1290. The van der Waals surface area contributed by atoms with Crippen LogP contribution in [0.3, 0.4) is 0 Å². The number of hydrogen-bond donors (Lipinski definition) is 5. The first kappa shape index (κ1) is 26.4. The lowest BCUT2D eigenvalue weighted by Gasteiger charge is -2.31. The van der Waals surface area contributed by atoms with E-state index in [1.165, 1.54) is 6.92 Å². The van der Waals surface area contributed by atoms with Gasteiger partial charge in [0.1, 0.15) is 5.84 Å². The Morgan fingerprint density at radius 1 is 1.06 bits per heavy atom. The minimum Gasteiger partial charge on any atom is -0.464 e. The largest absolute Gasteiger partial charge is 0.464 e. The molecule has 36 heavy (non-hydrogen) atoms. The average Bonchev–Trinajstić information content (AvgIpc) is 2.86. The first-order chi connectivity index (χ1) is 17.2. The number of carbonyl (C=O) groups excluding carboxylic acids is 3. The summed E-state index contributed by atoms with van der Waals surface area (Å²) in [6.07, 6.45) is 0. The first-order valence-electron chi connectivity index (χ1n) is 11.6. The predicted octanol–water partition coefficient (Wildman–Crippen LogP) is 2.58. The second kappa shape index (κ2) is 11.5. The predicted molar refractivity (Wildman–Crippen MR) is 140 cm³/mol. The Balaban J connectivity index is 1.84. The summed E-state index contributed by atoms with van der Waals surface area (Å²) in [5.41, 5.74) is 6.45. The monoisotopic (exact) mass is 489 g/mol. The third kappa shape index (κ3) is 5.69. The van der Waals surface area contributed by atoms with Crippen molar-refractivity contribution in [3.63, 3.8) is 0 Å². The van der Waals surface area contributed by atoms with Crippen molar-refractivity contribution in [2.45, 2.75) is 25.9 Å². The summed E-state index contributed by atoms with van der Waals surface area (Å²) in [6, 6.07) is 17.8. The summed E-state index contributed by atoms with van der Waals surface area (Å²) in [6.45, 7) is 3.55. The molecule has 3 rings (SSSR count). The molecule has 9 heteroatoms. The maximum Gasteiger partial charge on any atom is 0.340 e. The molecule has 6 N–H and O–H groups in total. The second-order valence-corrected chi connectivity index (χ2v) is 8.37. The van der Waals surface area contributed by atoms with E-state index < -0.39 is 11.5 Å². The number of hydrogen-bond acceptors (Lipinski definition) is 7. The molecule has 0 aliphatic rings. The summed E-state index contributed by atoms with van der Waals surface area (Å²) < 4.78 is 5.18. The summed E-state index contributed by atoms with van der Waals surface area (Å²) in [5.74, 6) is -1.28. The molecule has 0 heterocycles. The second-order valence-electron chi connectivity index (χ2n) is 8.37. The maximum atomic E-state index is 13.0. The Morgan fingerprint density at radius 2 is 1.78 bits per heavy atom. The summed E-state index contributed by atoms with van der Waals surface area (Å²) in [5, 5.41) is 17.8. The van der Waals surface area contributed by atoms with Gasteiger partial charge in [0, 0.05) is 29.9 Å². The van der Waals surface area contributed by atoms with Crippen LogP contribution in [-0.4, -0.2) is 49.2 Å². The molecule has 0 radical (unpaired) electrons. The number of amidine groups is 1. The fraction of sp³-hybridized carbons (Fsp3) is 0.259. The summed E-state index contributed by atoms with van der Waals surface area (Å²) >= 11 is 0. The van der Waals surface area contributed by atoms with Gasteiger partial charge in [0.15, 0.2) is 5.78 Å². The van der Waals surface area contributed by atoms with Crippen LogP contribution >= 0.6 is 0 Å². The normalized spacial score (nSPS) is 12.4. The smallest absolute Gasteiger partial charge is 0.340 e. The maximum absolute atomic E-state index is 13.0. The fourth-order valence-electron chi connectivity index (χ4n) is 3.93. The van der Waals surface area contributed by atoms with E-state index in [9.17, 15) is 14.4 Å². The Morgan fingerprint density at radius 3 is 2.39 bits per heavy atom. The number of nitrogens with two attached hydrogens (primary N) is 1. The van der Waals surface area contributed by atoms with Crippen molar-refractivity contribution in [1.82, 2.24) is 10.6 Å². The molecule has 0 aliphatic carbocycles. The van der Waals surface area contributed by atoms with Gasteiger partial charge in [0.05, 0.1) is 6.61 Å². The van der Waals surface area contributed by atoms with Crippen LogP contribution in [0.15, 0.2) is 60.7 Å². The van der Waals surface area contributed by atoms with Gasteiger partial charge in [-0.05, 0) is 55.4 Å². The zero-order valence-electron chi connectivity index (χ0n) is 20.6. The Kier molecular flexibility index (Phi) is 8.39. The minimum absolute atomic E-state index is 0.0102. The standard InChI is InChI=1S/C27H31N5O4/c1-4-36-26(35)27(16-30-3,17(2)33)32-21-12-13-22-20(14-21)6-5-7-23(22)25(34)31-15-18-8-10-19(11-9-18)24(28)29/h5-14,30,32H,4,15-16H2,1-3H3,(H3,28,29)(H,31,34). The van der Waals surface area contributed by atoms with Gasteiger partial charge in [-0.15, -0.1) is 0 Å². The molecular formula is C27H31N5O4. The molecule has 1 atom stereocenters. The molecule has 1 amide bonds. The molecule has 3 aromatic rings. The van der Waals surface area contributed by atoms with Gasteiger partial charge in [-0.3, -0.25) is 15.0 Å². The van der Waals surface area contributed by atoms with E-state index in [1.807, 2.05) is 18.2 Å². The van der Waals surface area contributed by atoms with Crippen LogP contribution < -0.4 is 21.7 Å². The molecule has 0 saturated carbocycles. The zero-order valence-corrected chi connectivity index (χ0v) is 20.6. The molecule has 0 aliphatic heterocycles. The summed E-state index contributed by atoms with van der Waals surface area (Å²) in [4.78, 5) is 38.2. The van der Waals surface area contributed by atoms with Gasteiger partial charge in [-0.25, -0.2) is 4.79 Å². The van der Waals surface area contributed by atoms with E-state index in [-0.39, 0.29) is 30.7 Å². The third-order valence-electron chi connectivity index (χ3n) is 5.87. The topological polar surface area (TPSA) is 146 Å². The number of esters is 1. The average molecular weight is 490 g/mol. The van der Waals surface area contributed by atoms with Crippen LogP contribution in [0.1, 0.15) is 35.3 Å². The zero-order chi connectivity index (χ0) is 26.3. The highest BCUT2D eigenvalue weighted by Crippen LogP contribution is 2.26. The molecule has 0 bridgehead atoms. The van der Waals surface area contributed by atoms with E-state index in [0.29, 0.717) is 23.4 Å². The number of fused-ring (bicyclic) bond motifs is 1. The Labute approximate surface area is 209 Å². The van der Waals surface area contributed by atoms with Crippen molar-refractivity contribution in [3.05, 3.63) is 77.4 Å². The first-order valence-corrected chi connectivity index (χ1v) is 11.6. The number of ether oxygens (including phenoxy) is 1. The van der Waals surface area contributed by atoms with Gasteiger partial charge in [0.25, 0.3) is 5.91 Å². The number of likely N-dealkylation sites (N-methyl/N-ethyl adjacent to an activating group) is 1. The molecule has 0 saturated heterocycles. The highest BCUT2D eigenvalue weighted by Gasteiger charge is 2.44. The van der Waals surface area contributed by atoms with E-state index in [4.69, 9.17) is 15.9 Å². The highest BCUT2D eigenvalue weighted by molar-refractivity contribution is 6.11. The SMILES string of the molecule is CCOC(=O)C(CNC)(Nc1ccc2c(C(=O)NCc3ccc(C(=N)N)cc3)cccc2c1)C(C)=O. The summed E-state index contributed by atoms with van der Waals surface area (Å²) in [7, 11) is 1.65. The van der Waals surface area contributed by atoms with Crippen molar-refractivity contribution in [2.24, 2.45) is 5.73 Å². The van der Waals surface area contributed by atoms with Crippen LogP contribution in [0, 0.1) is 5.41 Å². The number of ketones is 1. The van der Waals surface area contributed by atoms with Crippen molar-refractivity contribution in [1.29, 1.82) is 5.41 Å². The van der Waals surface area contributed by atoms with Gasteiger partial charge in [-0.2, -0.15) is 0 Å². The number of rotatable bonds is 11. The lowest BCUT2D eigenvalue weighted by Crippen LogP contribution is -2.59. The molecular weight excluding hydrogens is 458 g/mol. The molecule has 3 aromatic carbocycles. The highest BCUT2D eigenvalue weighted by atomic mass is 16.5. The van der Waals surface area contributed by atoms with Gasteiger partial charge in [0.2, 0.25) is 5.54 Å². The van der Waals surface area contributed by atoms with E-state index in [1.54, 1.807) is 56.4 Å². The number of amides is 1. The van der Waals surface area contributed by atoms with Crippen LogP contribution in [0.2, 0.25) is 0 Å². The molecule has 0 fully saturated rings. The molecule has 0 spiro atoms. The number of benzene rings is 3. The van der Waals surface area contributed by atoms with Crippen molar-refractivity contribution < 1.29 is 19.1 Å². The fourth-order valence-corrected chi connectivity index (χ4v) is 3.93. The van der Waals surface area contributed by atoms with Crippen molar-refractivity contribution in [2.75, 3.05) is 25.5 Å². The van der Waals surface area contributed by atoms with Gasteiger partial charge < -0.3 is 26.4 Å². The van der Waals surface area contributed by atoms with E-state index in [2.05, 4.69) is 16.0 Å². The van der Waals surface area contributed by atoms with Crippen LogP contribution in [-0.2, 0) is 20.9 Å². The quantitative estimate of drug-likeness (QED) is 0.120.